The first kappa shape index (κ1) is 17.3. The van der Waals surface area contributed by atoms with Gasteiger partial charge in [-0.1, -0.05) is 23.4 Å². The van der Waals surface area contributed by atoms with E-state index in [0.29, 0.717) is 5.76 Å². The van der Waals surface area contributed by atoms with Gasteiger partial charge in [-0.25, -0.2) is 8.78 Å². The summed E-state index contributed by atoms with van der Waals surface area (Å²) in [7, 11) is 0. The average Bonchev–Trinajstić information content (AvgIpc) is 3.24. The van der Waals surface area contributed by atoms with Gasteiger partial charge in [0, 0.05) is 11.6 Å². The third-order valence-corrected chi connectivity index (χ3v) is 4.89. The Balaban J connectivity index is 1.86. The molecule has 0 fully saturated rings. The molecule has 1 amide bonds. The van der Waals surface area contributed by atoms with Gasteiger partial charge in [0.25, 0.3) is 5.91 Å². The Morgan fingerprint density at radius 2 is 1.86 bits per heavy atom. The van der Waals surface area contributed by atoms with Crippen molar-refractivity contribution >= 4 is 22.7 Å². The van der Waals surface area contributed by atoms with Gasteiger partial charge >= 0.3 is 0 Å². The van der Waals surface area contributed by atoms with Crippen molar-refractivity contribution in [3.05, 3.63) is 93.0 Å². The topological polar surface area (TPSA) is 76.6 Å². The Hall–Kier alpha value is -3.81. The second kappa shape index (κ2) is 6.10. The van der Waals surface area contributed by atoms with Crippen LogP contribution in [-0.4, -0.2) is 11.1 Å². The van der Waals surface area contributed by atoms with E-state index in [2.05, 4.69) is 5.16 Å². The minimum atomic E-state index is -1.13. The van der Waals surface area contributed by atoms with E-state index in [9.17, 15) is 18.4 Å². The van der Waals surface area contributed by atoms with Crippen molar-refractivity contribution in [3.8, 4) is 0 Å². The van der Waals surface area contributed by atoms with Gasteiger partial charge in [0.2, 0.25) is 5.76 Å². The van der Waals surface area contributed by atoms with Crippen molar-refractivity contribution in [3.63, 3.8) is 0 Å². The highest BCUT2D eigenvalue weighted by atomic mass is 19.1. The van der Waals surface area contributed by atoms with Crippen LogP contribution in [-0.2, 0) is 0 Å². The maximum Gasteiger partial charge on any atom is 0.296 e. The number of aromatic nitrogens is 1. The van der Waals surface area contributed by atoms with Gasteiger partial charge < -0.3 is 8.94 Å². The second-order valence-corrected chi connectivity index (χ2v) is 6.71. The highest BCUT2D eigenvalue weighted by Crippen LogP contribution is 2.41. The predicted octanol–water partition coefficient (Wildman–Crippen LogP) is 4.12. The smallest absolute Gasteiger partial charge is 0.296 e. The van der Waals surface area contributed by atoms with Crippen molar-refractivity contribution in [2.24, 2.45) is 0 Å². The number of hydrogen-bond donors (Lipinski definition) is 0. The van der Waals surface area contributed by atoms with E-state index in [1.165, 1.54) is 30.3 Å². The van der Waals surface area contributed by atoms with Crippen molar-refractivity contribution < 1.29 is 22.5 Å². The highest BCUT2D eigenvalue weighted by molar-refractivity contribution is 6.10. The fourth-order valence-corrected chi connectivity index (χ4v) is 3.64. The monoisotopic (exact) mass is 394 g/mol. The fraction of sp³-hybridized carbons (Fsp3) is 0.0952. The maximum atomic E-state index is 14.7. The number of amides is 1. The Morgan fingerprint density at radius 3 is 2.59 bits per heavy atom. The second-order valence-electron chi connectivity index (χ2n) is 6.71. The van der Waals surface area contributed by atoms with Crippen molar-refractivity contribution in [2.75, 3.05) is 4.90 Å². The molecule has 2 aromatic carbocycles. The zero-order valence-electron chi connectivity index (χ0n) is 15.0. The quantitative estimate of drug-likeness (QED) is 0.511. The summed E-state index contributed by atoms with van der Waals surface area (Å²) in [5, 5.41) is 3.82. The van der Waals surface area contributed by atoms with Crippen molar-refractivity contribution in [1.82, 2.24) is 5.16 Å². The van der Waals surface area contributed by atoms with Gasteiger partial charge in [-0.2, -0.15) is 0 Å². The van der Waals surface area contributed by atoms with E-state index in [0.717, 1.165) is 17.0 Å². The van der Waals surface area contributed by atoms with E-state index in [4.69, 9.17) is 8.94 Å². The average molecular weight is 394 g/mol. The third-order valence-electron chi connectivity index (χ3n) is 4.89. The van der Waals surface area contributed by atoms with Crippen LogP contribution < -0.4 is 10.3 Å². The number of halogens is 2. The summed E-state index contributed by atoms with van der Waals surface area (Å²) in [5.41, 5.74) is -0.527. The van der Waals surface area contributed by atoms with Gasteiger partial charge in [-0.05, 0) is 31.2 Å². The molecule has 3 heterocycles. The number of carbonyl (C=O) groups is 1. The molecule has 0 bridgehead atoms. The Morgan fingerprint density at radius 1 is 1.07 bits per heavy atom. The number of fused-ring (bicyclic) bond motifs is 2. The fourth-order valence-electron chi connectivity index (χ4n) is 3.64. The molecule has 0 saturated heterocycles. The molecule has 6 nitrogen and oxygen atoms in total. The first-order valence-electron chi connectivity index (χ1n) is 8.73. The first-order chi connectivity index (χ1) is 14.0. The third kappa shape index (κ3) is 2.49. The highest BCUT2D eigenvalue weighted by Gasteiger charge is 2.45. The standard InChI is InChI=1S/C21H12F2N2O4/c1-10-8-16(24-29-10)25-18(12-4-2-3-5-14(12)23)17-19(26)13-9-11(22)6-7-15(13)28-20(17)21(25)27/h2-9,18H,1H3/t18-/m1/s1. The minimum absolute atomic E-state index is 0.0314. The molecule has 0 N–H and O–H groups in total. The van der Waals surface area contributed by atoms with E-state index >= 15 is 0 Å². The summed E-state index contributed by atoms with van der Waals surface area (Å²) in [4.78, 5) is 27.6. The number of rotatable bonds is 2. The van der Waals surface area contributed by atoms with Gasteiger partial charge in [0.1, 0.15) is 23.0 Å². The molecule has 5 rings (SSSR count). The van der Waals surface area contributed by atoms with Crippen LogP contribution in [0.15, 0.2) is 62.3 Å². The molecule has 0 spiro atoms. The lowest BCUT2D eigenvalue weighted by Gasteiger charge is -2.22. The molecule has 0 unspecified atom stereocenters. The molecular weight excluding hydrogens is 382 g/mol. The van der Waals surface area contributed by atoms with Crippen LogP contribution in [0.25, 0.3) is 11.0 Å². The minimum Gasteiger partial charge on any atom is -0.450 e. The van der Waals surface area contributed by atoms with Crippen LogP contribution in [0.4, 0.5) is 14.6 Å². The molecule has 1 aliphatic heterocycles. The molecule has 0 aliphatic carbocycles. The molecular formula is C21H12F2N2O4. The molecule has 0 saturated carbocycles. The number of anilines is 1. The van der Waals surface area contributed by atoms with Gasteiger partial charge in [-0.3, -0.25) is 14.5 Å². The summed E-state index contributed by atoms with van der Waals surface area (Å²) in [6.45, 7) is 1.64. The Bertz CT molecular complexity index is 1360. The predicted molar refractivity (Wildman–Crippen MR) is 98.7 cm³/mol. The lowest BCUT2D eigenvalue weighted by atomic mass is 9.98. The molecule has 4 aromatic rings. The van der Waals surface area contributed by atoms with E-state index < -0.39 is 29.0 Å². The number of aryl methyl sites for hydroxylation is 1. The lowest BCUT2D eigenvalue weighted by Crippen LogP contribution is -2.30. The number of hydrogen-bond acceptors (Lipinski definition) is 5. The molecule has 144 valence electrons. The zero-order valence-corrected chi connectivity index (χ0v) is 15.0. The molecule has 8 heteroatoms. The Kier molecular flexibility index (Phi) is 3.64. The van der Waals surface area contributed by atoms with Crippen molar-refractivity contribution in [2.45, 2.75) is 13.0 Å². The summed E-state index contributed by atoms with van der Waals surface area (Å²) >= 11 is 0. The largest absolute Gasteiger partial charge is 0.450 e. The molecule has 1 aliphatic rings. The summed E-state index contributed by atoms with van der Waals surface area (Å²) in [6, 6.07) is 9.60. The van der Waals surface area contributed by atoms with Gasteiger partial charge in [-0.15, -0.1) is 0 Å². The van der Waals surface area contributed by atoms with E-state index in [1.807, 2.05) is 0 Å². The molecule has 2 aromatic heterocycles. The summed E-state index contributed by atoms with van der Waals surface area (Å²) < 4.78 is 39.2. The SMILES string of the molecule is Cc1cc(N2C(=O)c3oc4ccc(F)cc4c(=O)c3[C@H]2c2ccccc2F)no1. The summed E-state index contributed by atoms with van der Waals surface area (Å²) in [6.07, 6.45) is 0. The lowest BCUT2D eigenvalue weighted by molar-refractivity contribution is 0.0969. The van der Waals surface area contributed by atoms with E-state index in [-0.39, 0.29) is 33.7 Å². The van der Waals surface area contributed by atoms with Crippen LogP contribution in [0.3, 0.4) is 0 Å². The molecule has 0 radical (unpaired) electrons. The first-order valence-corrected chi connectivity index (χ1v) is 8.73. The number of carbonyl (C=O) groups excluding carboxylic acids is 1. The van der Waals surface area contributed by atoms with Gasteiger partial charge in [0.05, 0.1) is 17.0 Å². The van der Waals surface area contributed by atoms with Crippen LogP contribution in [0.1, 0.15) is 33.5 Å². The number of nitrogens with zero attached hydrogens (tertiary/aromatic N) is 2. The maximum absolute atomic E-state index is 14.7. The van der Waals surface area contributed by atoms with Crippen molar-refractivity contribution in [1.29, 1.82) is 0 Å². The number of benzene rings is 2. The van der Waals surface area contributed by atoms with Crippen LogP contribution in [0, 0.1) is 18.6 Å². The van der Waals surface area contributed by atoms with Crippen LogP contribution >= 0.6 is 0 Å². The van der Waals surface area contributed by atoms with Crippen LogP contribution in [0.5, 0.6) is 0 Å². The van der Waals surface area contributed by atoms with Gasteiger partial charge in [0.15, 0.2) is 11.2 Å². The normalized spacial score (nSPS) is 15.9. The zero-order chi connectivity index (χ0) is 20.3. The molecule has 29 heavy (non-hydrogen) atoms. The molecule has 1 atom stereocenters. The van der Waals surface area contributed by atoms with Crippen LogP contribution in [0.2, 0.25) is 0 Å². The Labute approximate surface area is 162 Å². The van der Waals surface area contributed by atoms with E-state index in [1.54, 1.807) is 13.0 Å². The summed E-state index contributed by atoms with van der Waals surface area (Å²) in [5.74, 6) is -1.58.